The van der Waals surface area contributed by atoms with E-state index < -0.39 is 0 Å². The number of hydrogen-bond acceptors (Lipinski definition) is 4. The highest BCUT2D eigenvalue weighted by Crippen LogP contribution is 2.24. The summed E-state index contributed by atoms with van der Waals surface area (Å²) in [5.74, 6) is 0.526. The molecule has 1 N–H and O–H groups in total. The number of hydrogen-bond donors (Lipinski definition) is 1. The van der Waals surface area contributed by atoms with Crippen molar-refractivity contribution in [3.05, 3.63) is 105 Å². The molecule has 1 aromatic heterocycles. The Labute approximate surface area is 197 Å². The van der Waals surface area contributed by atoms with Gasteiger partial charge < -0.3 is 5.32 Å². The van der Waals surface area contributed by atoms with Crippen molar-refractivity contribution < 1.29 is 4.79 Å². The van der Waals surface area contributed by atoms with Crippen LogP contribution in [-0.2, 0) is 12.3 Å². The molecule has 1 amide bonds. The van der Waals surface area contributed by atoms with E-state index in [2.05, 4.69) is 30.4 Å². The summed E-state index contributed by atoms with van der Waals surface area (Å²) in [7, 11) is 0. The van der Waals surface area contributed by atoms with Gasteiger partial charge in [0.15, 0.2) is 5.16 Å². The summed E-state index contributed by atoms with van der Waals surface area (Å²) < 4.78 is 1.73. The van der Waals surface area contributed by atoms with Gasteiger partial charge in [-0.1, -0.05) is 71.9 Å². The van der Waals surface area contributed by atoms with Crippen LogP contribution in [0.2, 0.25) is 0 Å². The van der Waals surface area contributed by atoms with Crippen LogP contribution in [0, 0.1) is 6.92 Å². The number of thioether (sulfide) groups is 1. The molecule has 0 aliphatic heterocycles. The minimum Gasteiger partial charge on any atom is -0.350 e. The van der Waals surface area contributed by atoms with E-state index in [-0.39, 0.29) is 17.5 Å². The lowest BCUT2D eigenvalue weighted by atomic mass is 10.1. The molecule has 168 valence electrons. The van der Waals surface area contributed by atoms with Crippen LogP contribution in [0.5, 0.6) is 0 Å². The fraction of sp³-hybridized carbons (Fsp3) is 0.222. The minimum atomic E-state index is -0.170. The van der Waals surface area contributed by atoms with Gasteiger partial charge in [-0.05, 0) is 50.1 Å². The van der Waals surface area contributed by atoms with Crippen LogP contribution >= 0.6 is 11.8 Å². The highest BCUT2D eigenvalue weighted by Gasteiger charge is 2.15. The van der Waals surface area contributed by atoms with Crippen LogP contribution in [-0.4, -0.2) is 21.5 Å². The molecule has 0 atom stereocenters. The van der Waals surface area contributed by atoms with Crippen LogP contribution in [0.3, 0.4) is 0 Å². The van der Waals surface area contributed by atoms with Crippen molar-refractivity contribution in [2.24, 2.45) is 0 Å². The third-order valence-corrected chi connectivity index (χ3v) is 6.28. The molecule has 0 bridgehead atoms. The fourth-order valence-corrected chi connectivity index (χ4v) is 4.59. The summed E-state index contributed by atoms with van der Waals surface area (Å²) in [5.41, 5.74) is 4.33. The van der Waals surface area contributed by atoms with Gasteiger partial charge in [0.25, 0.3) is 11.5 Å². The Morgan fingerprint density at radius 3 is 2.48 bits per heavy atom. The summed E-state index contributed by atoms with van der Waals surface area (Å²) in [6.07, 6.45) is 0. The lowest BCUT2D eigenvalue weighted by molar-refractivity contribution is 0.0943. The summed E-state index contributed by atoms with van der Waals surface area (Å²) in [4.78, 5) is 30.8. The number of benzene rings is 3. The predicted molar refractivity (Wildman–Crippen MR) is 135 cm³/mol. The van der Waals surface area contributed by atoms with Gasteiger partial charge in [0.1, 0.15) is 0 Å². The molecule has 0 radical (unpaired) electrons. The van der Waals surface area contributed by atoms with Crippen molar-refractivity contribution >= 4 is 28.6 Å². The number of fused-ring (bicyclic) bond motifs is 1. The van der Waals surface area contributed by atoms with E-state index in [4.69, 9.17) is 4.98 Å². The van der Waals surface area contributed by atoms with Gasteiger partial charge in [0.05, 0.1) is 17.4 Å². The first-order chi connectivity index (χ1) is 15.9. The first-order valence-corrected chi connectivity index (χ1v) is 12.0. The predicted octanol–water partition coefficient (Wildman–Crippen LogP) is 5.18. The van der Waals surface area contributed by atoms with Crippen molar-refractivity contribution in [3.63, 3.8) is 0 Å². The van der Waals surface area contributed by atoms with Crippen molar-refractivity contribution in [1.82, 2.24) is 14.9 Å². The van der Waals surface area contributed by atoms with Gasteiger partial charge in [0, 0.05) is 17.4 Å². The lowest BCUT2D eigenvalue weighted by Gasteiger charge is -2.14. The number of carbonyl (C=O) groups is 1. The van der Waals surface area contributed by atoms with E-state index in [1.807, 2.05) is 50.2 Å². The maximum atomic E-state index is 13.5. The molecule has 0 saturated carbocycles. The van der Waals surface area contributed by atoms with Crippen LogP contribution in [0.25, 0.3) is 10.9 Å². The normalized spacial score (nSPS) is 11.2. The van der Waals surface area contributed by atoms with Crippen molar-refractivity contribution in [2.75, 3.05) is 0 Å². The molecule has 6 heteroatoms. The molecular weight excluding hydrogens is 430 g/mol. The van der Waals surface area contributed by atoms with Crippen molar-refractivity contribution in [2.45, 2.75) is 44.3 Å². The number of nitrogens with one attached hydrogen (secondary N) is 1. The zero-order valence-corrected chi connectivity index (χ0v) is 19.9. The van der Waals surface area contributed by atoms with Gasteiger partial charge >= 0.3 is 0 Å². The van der Waals surface area contributed by atoms with Gasteiger partial charge in [0.2, 0.25) is 0 Å². The van der Waals surface area contributed by atoms with Crippen LogP contribution < -0.4 is 10.9 Å². The van der Waals surface area contributed by atoms with E-state index in [0.717, 1.165) is 5.56 Å². The van der Waals surface area contributed by atoms with Crippen molar-refractivity contribution in [1.29, 1.82) is 0 Å². The number of amides is 1. The van der Waals surface area contributed by atoms with E-state index in [9.17, 15) is 9.59 Å². The van der Waals surface area contributed by atoms with Crippen LogP contribution in [0.1, 0.15) is 40.9 Å². The highest BCUT2D eigenvalue weighted by molar-refractivity contribution is 7.98. The molecule has 0 saturated heterocycles. The molecule has 0 aliphatic rings. The topological polar surface area (TPSA) is 64.0 Å². The standard InChI is InChI=1S/C27H27N3O2S/c1-18(2)28-25(31)22-12-13-23-24(15-22)29-27(33-17-21-11-7-8-19(3)14-21)30(26(23)32)16-20-9-5-4-6-10-20/h4-15,18H,16-17H2,1-3H3,(H,28,31). The Kier molecular flexibility index (Phi) is 6.94. The maximum absolute atomic E-state index is 13.5. The van der Waals surface area contributed by atoms with Gasteiger partial charge in [-0.15, -0.1) is 0 Å². The van der Waals surface area contributed by atoms with E-state index in [1.165, 1.54) is 22.9 Å². The molecule has 0 fully saturated rings. The molecule has 1 heterocycles. The average Bonchev–Trinajstić information content (AvgIpc) is 2.80. The smallest absolute Gasteiger partial charge is 0.262 e. The van der Waals surface area contributed by atoms with Crippen LogP contribution in [0.15, 0.2) is 82.7 Å². The lowest BCUT2D eigenvalue weighted by Crippen LogP contribution is -2.30. The number of aryl methyl sites for hydroxylation is 1. The number of aromatic nitrogens is 2. The summed E-state index contributed by atoms with van der Waals surface area (Å²) in [5, 5.41) is 4.04. The third-order valence-electron chi connectivity index (χ3n) is 5.24. The molecular formula is C27H27N3O2S. The molecule has 4 aromatic rings. The molecule has 4 rings (SSSR count). The Morgan fingerprint density at radius 1 is 1.00 bits per heavy atom. The van der Waals surface area contributed by atoms with E-state index >= 15 is 0 Å². The Bertz CT molecular complexity index is 1350. The zero-order chi connectivity index (χ0) is 23.4. The van der Waals surface area contributed by atoms with E-state index in [1.54, 1.807) is 22.8 Å². The molecule has 0 spiro atoms. The van der Waals surface area contributed by atoms with E-state index in [0.29, 0.717) is 33.9 Å². The molecule has 0 aliphatic carbocycles. The van der Waals surface area contributed by atoms with Gasteiger partial charge in [-0.2, -0.15) is 0 Å². The Hall–Kier alpha value is -3.38. The average molecular weight is 458 g/mol. The second-order valence-electron chi connectivity index (χ2n) is 8.41. The number of rotatable bonds is 7. The van der Waals surface area contributed by atoms with Gasteiger partial charge in [-0.3, -0.25) is 14.2 Å². The first-order valence-electron chi connectivity index (χ1n) is 11.0. The van der Waals surface area contributed by atoms with Crippen LogP contribution in [0.4, 0.5) is 0 Å². The second kappa shape index (κ2) is 10.0. The zero-order valence-electron chi connectivity index (χ0n) is 19.0. The molecule has 0 unspecified atom stereocenters. The highest BCUT2D eigenvalue weighted by atomic mass is 32.2. The second-order valence-corrected chi connectivity index (χ2v) is 9.35. The largest absolute Gasteiger partial charge is 0.350 e. The minimum absolute atomic E-state index is 0.0282. The summed E-state index contributed by atoms with van der Waals surface area (Å²) in [6.45, 7) is 6.34. The summed E-state index contributed by atoms with van der Waals surface area (Å²) in [6, 6.07) is 23.4. The third kappa shape index (κ3) is 5.52. The maximum Gasteiger partial charge on any atom is 0.262 e. The molecule has 5 nitrogen and oxygen atoms in total. The first kappa shape index (κ1) is 22.8. The number of carbonyl (C=O) groups excluding carboxylic acids is 1. The fourth-order valence-electron chi connectivity index (χ4n) is 3.65. The molecule has 3 aromatic carbocycles. The number of nitrogens with zero attached hydrogens (tertiary/aromatic N) is 2. The SMILES string of the molecule is Cc1cccc(CSc2nc3cc(C(=O)NC(C)C)ccc3c(=O)n2Cc2ccccc2)c1. The molecule has 33 heavy (non-hydrogen) atoms. The Morgan fingerprint density at radius 2 is 1.76 bits per heavy atom. The van der Waals surface area contributed by atoms with Crippen molar-refractivity contribution in [3.8, 4) is 0 Å². The summed E-state index contributed by atoms with van der Waals surface area (Å²) >= 11 is 1.53. The monoisotopic (exact) mass is 457 g/mol. The quantitative estimate of drug-likeness (QED) is 0.307. The Balaban J connectivity index is 1.76. The van der Waals surface area contributed by atoms with Gasteiger partial charge in [-0.25, -0.2) is 4.98 Å².